The van der Waals surface area contributed by atoms with Crippen LogP contribution in [-0.4, -0.2) is 78.9 Å². The third kappa shape index (κ3) is 6.03. The second-order valence-corrected chi connectivity index (χ2v) is 8.84. The average Bonchev–Trinajstić information content (AvgIpc) is 2.72. The van der Waals surface area contributed by atoms with Crippen LogP contribution in [0.5, 0.6) is 0 Å². The molecule has 1 aromatic rings. The molecule has 1 aromatic carbocycles. The van der Waals surface area contributed by atoms with Gasteiger partial charge in [-0.3, -0.25) is 19.4 Å². The van der Waals surface area contributed by atoms with Gasteiger partial charge in [-0.25, -0.2) is 0 Å². The van der Waals surface area contributed by atoms with Crippen LogP contribution in [0.15, 0.2) is 24.3 Å². The lowest BCUT2D eigenvalue weighted by Crippen LogP contribution is -2.57. The molecule has 29 heavy (non-hydrogen) atoms. The van der Waals surface area contributed by atoms with Crippen molar-refractivity contribution in [3.05, 3.63) is 35.4 Å². The van der Waals surface area contributed by atoms with E-state index in [0.29, 0.717) is 19.0 Å². The molecule has 1 saturated heterocycles. The van der Waals surface area contributed by atoms with Gasteiger partial charge in [-0.05, 0) is 36.4 Å². The summed E-state index contributed by atoms with van der Waals surface area (Å²) >= 11 is 0. The number of rotatable bonds is 8. The number of carbonyl (C=O) groups excluding carboxylic acids is 2. The van der Waals surface area contributed by atoms with E-state index >= 15 is 0 Å². The SMILES string of the molecule is CC(C)CCN1CCNC(=O)C1CC(=O)N(C)CCN1CCc2ccccc2C1. The van der Waals surface area contributed by atoms with Crippen molar-refractivity contribution in [2.24, 2.45) is 5.92 Å². The first kappa shape index (κ1) is 21.8. The molecular formula is C23H36N4O2. The number of benzene rings is 1. The summed E-state index contributed by atoms with van der Waals surface area (Å²) in [4.78, 5) is 31.6. The highest BCUT2D eigenvalue weighted by molar-refractivity contribution is 5.88. The molecule has 160 valence electrons. The molecule has 6 nitrogen and oxygen atoms in total. The smallest absolute Gasteiger partial charge is 0.237 e. The molecule has 0 saturated carbocycles. The van der Waals surface area contributed by atoms with E-state index in [1.807, 2.05) is 7.05 Å². The fourth-order valence-corrected chi connectivity index (χ4v) is 4.16. The van der Waals surface area contributed by atoms with Crippen LogP contribution in [0.25, 0.3) is 0 Å². The summed E-state index contributed by atoms with van der Waals surface area (Å²) in [6.07, 6.45) is 2.38. The molecule has 1 atom stereocenters. The molecule has 0 spiro atoms. The van der Waals surface area contributed by atoms with Gasteiger partial charge in [-0.15, -0.1) is 0 Å². The Hall–Kier alpha value is -1.92. The van der Waals surface area contributed by atoms with Crippen molar-refractivity contribution in [2.45, 2.75) is 45.7 Å². The molecule has 1 N–H and O–H groups in total. The Morgan fingerprint density at radius 2 is 1.97 bits per heavy atom. The highest BCUT2D eigenvalue weighted by atomic mass is 16.2. The summed E-state index contributed by atoms with van der Waals surface area (Å²) in [6, 6.07) is 8.27. The zero-order valence-electron chi connectivity index (χ0n) is 18.2. The number of likely N-dealkylation sites (N-methyl/N-ethyl adjacent to an activating group) is 1. The Labute approximate surface area is 175 Å². The zero-order valence-corrected chi connectivity index (χ0v) is 18.2. The van der Waals surface area contributed by atoms with Gasteiger partial charge in [0, 0.05) is 46.3 Å². The van der Waals surface area contributed by atoms with E-state index in [0.717, 1.165) is 45.6 Å². The summed E-state index contributed by atoms with van der Waals surface area (Å²) in [6.45, 7) is 10.3. The Morgan fingerprint density at radius 1 is 1.21 bits per heavy atom. The molecule has 0 radical (unpaired) electrons. The normalized spacial score (nSPS) is 20.4. The molecule has 2 amide bonds. The van der Waals surface area contributed by atoms with Crippen molar-refractivity contribution in [3.8, 4) is 0 Å². The number of piperazine rings is 1. The molecular weight excluding hydrogens is 364 g/mol. The van der Waals surface area contributed by atoms with Crippen molar-refractivity contribution >= 4 is 11.8 Å². The fraction of sp³-hybridized carbons (Fsp3) is 0.652. The van der Waals surface area contributed by atoms with Gasteiger partial charge >= 0.3 is 0 Å². The third-order valence-electron chi connectivity index (χ3n) is 6.19. The van der Waals surface area contributed by atoms with Gasteiger partial charge in [-0.2, -0.15) is 0 Å². The molecule has 2 aliphatic heterocycles. The number of amides is 2. The molecule has 0 aliphatic carbocycles. The highest BCUT2D eigenvalue weighted by Gasteiger charge is 2.32. The third-order valence-corrected chi connectivity index (χ3v) is 6.19. The second-order valence-electron chi connectivity index (χ2n) is 8.84. The number of hydrogen-bond donors (Lipinski definition) is 1. The van der Waals surface area contributed by atoms with Gasteiger partial charge in [-0.1, -0.05) is 38.1 Å². The molecule has 1 fully saturated rings. The Kier molecular flexibility index (Phi) is 7.67. The average molecular weight is 401 g/mol. The van der Waals surface area contributed by atoms with Gasteiger partial charge < -0.3 is 10.2 Å². The van der Waals surface area contributed by atoms with E-state index in [1.165, 1.54) is 11.1 Å². The van der Waals surface area contributed by atoms with Gasteiger partial charge in [0.15, 0.2) is 0 Å². The van der Waals surface area contributed by atoms with Crippen LogP contribution in [-0.2, 0) is 22.6 Å². The van der Waals surface area contributed by atoms with Crippen molar-refractivity contribution < 1.29 is 9.59 Å². The lowest BCUT2D eigenvalue weighted by atomic mass is 10.00. The van der Waals surface area contributed by atoms with Crippen LogP contribution in [0.4, 0.5) is 0 Å². The summed E-state index contributed by atoms with van der Waals surface area (Å²) in [5.41, 5.74) is 2.84. The lowest BCUT2D eigenvalue weighted by Gasteiger charge is -2.36. The van der Waals surface area contributed by atoms with Crippen LogP contribution >= 0.6 is 0 Å². The Morgan fingerprint density at radius 3 is 2.72 bits per heavy atom. The highest BCUT2D eigenvalue weighted by Crippen LogP contribution is 2.18. The maximum Gasteiger partial charge on any atom is 0.237 e. The molecule has 2 heterocycles. The van der Waals surface area contributed by atoms with Gasteiger partial charge in [0.25, 0.3) is 0 Å². The van der Waals surface area contributed by atoms with Crippen LogP contribution in [0, 0.1) is 5.92 Å². The topological polar surface area (TPSA) is 55.9 Å². The largest absolute Gasteiger partial charge is 0.353 e. The first-order valence-corrected chi connectivity index (χ1v) is 11.0. The standard InChI is InChI=1S/C23H36N4O2/c1-18(2)8-12-27-13-10-24-23(29)21(27)16-22(28)25(3)14-15-26-11-9-19-6-4-5-7-20(19)17-26/h4-7,18,21H,8-17H2,1-3H3,(H,24,29). The number of nitrogens with one attached hydrogen (secondary N) is 1. The quantitative estimate of drug-likeness (QED) is 0.722. The van der Waals surface area contributed by atoms with E-state index in [-0.39, 0.29) is 24.3 Å². The number of carbonyl (C=O) groups is 2. The zero-order chi connectivity index (χ0) is 20.8. The van der Waals surface area contributed by atoms with E-state index in [4.69, 9.17) is 0 Å². The fourth-order valence-electron chi connectivity index (χ4n) is 4.16. The molecule has 0 bridgehead atoms. The minimum absolute atomic E-state index is 0.00519. The number of nitrogens with zero attached hydrogens (tertiary/aromatic N) is 3. The maximum atomic E-state index is 12.8. The predicted octanol–water partition coefficient (Wildman–Crippen LogP) is 1.74. The van der Waals surface area contributed by atoms with E-state index in [1.54, 1.807) is 4.90 Å². The monoisotopic (exact) mass is 400 g/mol. The summed E-state index contributed by atoms with van der Waals surface area (Å²) < 4.78 is 0. The summed E-state index contributed by atoms with van der Waals surface area (Å²) in [5.74, 6) is 0.641. The Balaban J connectivity index is 1.48. The first-order valence-electron chi connectivity index (χ1n) is 11.0. The van der Waals surface area contributed by atoms with Crippen molar-refractivity contribution in [3.63, 3.8) is 0 Å². The molecule has 3 rings (SSSR count). The molecule has 6 heteroatoms. The van der Waals surface area contributed by atoms with Crippen molar-refractivity contribution in [2.75, 3.05) is 46.3 Å². The molecule has 2 aliphatic rings. The second kappa shape index (κ2) is 10.2. The lowest BCUT2D eigenvalue weighted by molar-refractivity contribution is -0.138. The minimum Gasteiger partial charge on any atom is -0.353 e. The van der Waals surface area contributed by atoms with Crippen LogP contribution in [0.1, 0.15) is 37.8 Å². The minimum atomic E-state index is -0.334. The van der Waals surface area contributed by atoms with Crippen LogP contribution in [0.2, 0.25) is 0 Å². The van der Waals surface area contributed by atoms with E-state index in [9.17, 15) is 9.59 Å². The van der Waals surface area contributed by atoms with Gasteiger partial charge in [0.1, 0.15) is 0 Å². The van der Waals surface area contributed by atoms with E-state index < -0.39 is 0 Å². The predicted molar refractivity (Wildman–Crippen MR) is 116 cm³/mol. The van der Waals surface area contributed by atoms with Crippen LogP contribution in [0.3, 0.4) is 0 Å². The summed E-state index contributed by atoms with van der Waals surface area (Å²) in [7, 11) is 1.86. The van der Waals surface area contributed by atoms with Crippen LogP contribution < -0.4 is 5.32 Å². The van der Waals surface area contributed by atoms with E-state index in [2.05, 4.69) is 53.2 Å². The van der Waals surface area contributed by atoms with Gasteiger partial charge in [0.2, 0.25) is 11.8 Å². The molecule has 1 unspecified atom stereocenters. The number of fused-ring (bicyclic) bond motifs is 1. The van der Waals surface area contributed by atoms with Crippen molar-refractivity contribution in [1.29, 1.82) is 0 Å². The van der Waals surface area contributed by atoms with Crippen molar-refractivity contribution in [1.82, 2.24) is 20.0 Å². The maximum absolute atomic E-state index is 12.8. The Bertz CT molecular complexity index is 706. The summed E-state index contributed by atoms with van der Waals surface area (Å²) in [5, 5.41) is 2.93. The number of hydrogen-bond acceptors (Lipinski definition) is 4. The van der Waals surface area contributed by atoms with Gasteiger partial charge in [0.05, 0.1) is 12.5 Å². The first-order chi connectivity index (χ1) is 13.9. The molecule has 0 aromatic heterocycles.